The minimum Gasteiger partial charge on any atom is -0.496 e. The van der Waals surface area contributed by atoms with E-state index in [9.17, 15) is 18.0 Å². The van der Waals surface area contributed by atoms with Gasteiger partial charge in [0.15, 0.2) is 5.75 Å². The molecule has 288 valence electrons. The fourth-order valence-corrected chi connectivity index (χ4v) is 7.51. The number of alkyl halides is 3. The summed E-state index contributed by atoms with van der Waals surface area (Å²) in [6.45, 7) is 3.18. The van der Waals surface area contributed by atoms with Crippen LogP contribution in [0.4, 0.5) is 13.2 Å². The van der Waals surface area contributed by atoms with Crippen molar-refractivity contribution >= 4 is 43.1 Å². The highest BCUT2D eigenvalue weighted by Gasteiger charge is 2.44. The SMILES string of the molecule is COc1ccc(-n2nnnc2C(F)(F)F)c(OC)c1CN1C[C@@H]2CN(C(=O)c3ccccn3)CCN2[C@H](C(c2ccccc2)c2ccccc2)C1.Cl.Cl.Cl. The van der Waals surface area contributed by atoms with Gasteiger partial charge in [-0.15, -0.1) is 42.3 Å². The van der Waals surface area contributed by atoms with Gasteiger partial charge in [0.2, 0.25) is 0 Å². The maximum Gasteiger partial charge on any atom is 0.453 e. The smallest absolute Gasteiger partial charge is 0.453 e. The number of nitrogens with zero attached hydrogens (tertiary/aromatic N) is 8. The average molecular weight is 808 g/mol. The van der Waals surface area contributed by atoms with Crippen LogP contribution in [0.5, 0.6) is 11.5 Å². The predicted molar refractivity (Wildman–Crippen MR) is 203 cm³/mol. The molecule has 2 aromatic heterocycles. The van der Waals surface area contributed by atoms with E-state index < -0.39 is 12.0 Å². The highest BCUT2D eigenvalue weighted by molar-refractivity contribution is 5.92. The van der Waals surface area contributed by atoms with E-state index in [2.05, 4.69) is 54.6 Å². The van der Waals surface area contributed by atoms with E-state index in [0.717, 1.165) is 11.1 Å². The van der Waals surface area contributed by atoms with Crippen molar-refractivity contribution < 1.29 is 27.4 Å². The van der Waals surface area contributed by atoms with Gasteiger partial charge in [-0.2, -0.15) is 17.9 Å². The summed E-state index contributed by atoms with van der Waals surface area (Å²) in [6.07, 6.45) is -3.17. The first-order valence-corrected chi connectivity index (χ1v) is 16.6. The maximum atomic E-state index is 13.9. The Morgan fingerprint density at radius 1 is 0.833 bits per heavy atom. The Balaban J connectivity index is 0.00000217. The molecular formula is C37H40Cl3F3N8O3. The van der Waals surface area contributed by atoms with Crippen molar-refractivity contribution in [1.82, 2.24) is 39.9 Å². The van der Waals surface area contributed by atoms with E-state index in [4.69, 9.17) is 9.47 Å². The van der Waals surface area contributed by atoms with E-state index >= 15 is 0 Å². The summed E-state index contributed by atoms with van der Waals surface area (Å²) >= 11 is 0. The lowest BCUT2D eigenvalue weighted by molar-refractivity contribution is -0.146. The third kappa shape index (κ3) is 8.58. The monoisotopic (exact) mass is 806 g/mol. The Hall–Kier alpha value is -4.47. The third-order valence-electron chi connectivity index (χ3n) is 9.70. The van der Waals surface area contributed by atoms with Gasteiger partial charge in [-0.1, -0.05) is 66.7 Å². The largest absolute Gasteiger partial charge is 0.496 e. The Morgan fingerprint density at radius 2 is 1.50 bits per heavy atom. The second-order valence-corrected chi connectivity index (χ2v) is 12.6. The molecule has 5 aromatic rings. The van der Waals surface area contributed by atoms with E-state index in [1.165, 1.54) is 20.3 Å². The molecule has 11 nitrogen and oxygen atoms in total. The highest BCUT2D eigenvalue weighted by atomic mass is 35.5. The fraction of sp³-hybridized carbons (Fsp3) is 0.324. The quantitative estimate of drug-likeness (QED) is 0.172. The van der Waals surface area contributed by atoms with Crippen LogP contribution in [0.1, 0.15) is 38.9 Å². The summed E-state index contributed by atoms with van der Waals surface area (Å²) < 4.78 is 53.9. The number of piperazine rings is 2. The van der Waals surface area contributed by atoms with Gasteiger partial charge in [-0.05, 0) is 45.8 Å². The molecule has 2 aliphatic rings. The topological polar surface area (TPSA) is 102 Å². The van der Waals surface area contributed by atoms with Gasteiger partial charge in [0.05, 0.1) is 19.8 Å². The number of aromatic nitrogens is 5. The molecule has 7 rings (SSSR count). The fourth-order valence-electron chi connectivity index (χ4n) is 7.51. The van der Waals surface area contributed by atoms with Crippen molar-refractivity contribution in [2.45, 2.75) is 30.7 Å². The number of ether oxygens (including phenoxy) is 2. The normalized spacial score (nSPS) is 17.4. The molecule has 0 N–H and O–H groups in total. The molecule has 2 atom stereocenters. The van der Waals surface area contributed by atoms with Crippen molar-refractivity contribution in [2.75, 3.05) is 46.9 Å². The van der Waals surface area contributed by atoms with Crippen molar-refractivity contribution in [2.24, 2.45) is 0 Å². The van der Waals surface area contributed by atoms with Crippen molar-refractivity contribution in [3.05, 3.63) is 125 Å². The molecule has 0 saturated carbocycles. The van der Waals surface area contributed by atoms with Crippen LogP contribution in [0.2, 0.25) is 0 Å². The average Bonchev–Trinajstić information content (AvgIpc) is 3.67. The Morgan fingerprint density at radius 3 is 2.09 bits per heavy atom. The number of carbonyl (C=O) groups is 1. The molecular weight excluding hydrogens is 768 g/mol. The molecule has 2 fully saturated rings. The van der Waals surface area contributed by atoms with E-state index in [0.29, 0.717) is 54.4 Å². The number of benzene rings is 3. The number of carbonyl (C=O) groups excluding carboxylic acids is 1. The number of hydrogen-bond donors (Lipinski definition) is 0. The van der Waals surface area contributed by atoms with Crippen LogP contribution in [-0.4, -0.2) is 105 Å². The highest BCUT2D eigenvalue weighted by Crippen LogP contribution is 2.40. The lowest BCUT2D eigenvalue weighted by Gasteiger charge is -2.53. The van der Waals surface area contributed by atoms with E-state index in [1.54, 1.807) is 30.5 Å². The number of methoxy groups -OCH3 is 2. The molecule has 2 saturated heterocycles. The molecule has 2 aliphatic heterocycles. The molecule has 1 amide bonds. The van der Waals surface area contributed by atoms with Crippen LogP contribution in [0.25, 0.3) is 5.69 Å². The van der Waals surface area contributed by atoms with Gasteiger partial charge < -0.3 is 14.4 Å². The third-order valence-corrected chi connectivity index (χ3v) is 9.70. The van der Waals surface area contributed by atoms with Gasteiger partial charge in [0.1, 0.15) is 17.1 Å². The van der Waals surface area contributed by atoms with Crippen LogP contribution in [0, 0.1) is 0 Å². The Kier molecular flexibility index (Phi) is 14.3. The molecule has 4 heterocycles. The number of amides is 1. The van der Waals surface area contributed by atoms with E-state index in [1.807, 2.05) is 41.3 Å². The van der Waals surface area contributed by atoms with Crippen LogP contribution < -0.4 is 9.47 Å². The zero-order valence-electron chi connectivity index (χ0n) is 29.4. The Bertz CT molecular complexity index is 1920. The number of hydrogen-bond acceptors (Lipinski definition) is 9. The van der Waals surface area contributed by atoms with Crippen molar-refractivity contribution in [3.63, 3.8) is 0 Å². The van der Waals surface area contributed by atoms with Crippen molar-refractivity contribution in [1.29, 1.82) is 0 Å². The lowest BCUT2D eigenvalue weighted by Crippen LogP contribution is -2.67. The second kappa shape index (κ2) is 18.2. The molecule has 17 heteroatoms. The first-order valence-electron chi connectivity index (χ1n) is 16.6. The van der Waals surface area contributed by atoms with Gasteiger partial charge >= 0.3 is 6.18 Å². The Labute approximate surface area is 329 Å². The lowest BCUT2D eigenvalue weighted by atomic mass is 9.81. The van der Waals surface area contributed by atoms with Crippen molar-refractivity contribution in [3.8, 4) is 17.2 Å². The second-order valence-electron chi connectivity index (χ2n) is 12.6. The van der Waals surface area contributed by atoms with Crippen LogP contribution in [-0.2, 0) is 12.7 Å². The number of rotatable bonds is 9. The number of pyridine rings is 1. The number of fused-ring (bicyclic) bond motifs is 1. The maximum absolute atomic E-state index is 13.9. The summed E-state index contributed by atoms with van der Waals surface area (Å²) in [7, 11) is 2.92. The standard InChI is InChI=1S/C37H37F3N8O3.3ClH/c1-50-32-17-16-30(48-36(37(38,39)40)42-43-44-48)34(51-2)28(32)23-45-21-27-22-46(35(49)29-15-9-10-18-41-29)19-20-47(27)31(24-45)33(25-11-5-3-6-12-25)26-13-7-4-8-14-26;;;/h3-18,27,31,33H,19-24H2,1-2H3;3*1H/t27-,31+;;;/m1.../s1. The van der Waals surface area contributed by atoms with Gasteiger partial charge in [0.25, 0.3) is 11.7 Å². The molecule has 0 aliphatic carbocycles. The first-order chi connectivity index (χ1) is 24.8. The summed E-state index contributed by atoms with van der Waals surface area (Å²) in [6, 6.07) is 29.1. The molecule has 0 unspecified atom stereocenters. The number of halogens is 6. The van der Waals surface area contributed by atoms with Gasteiger partial charge in [-0.3, -0.25) is 19.6 Å². The van der Waals surface area contributed by atoms with Crippen LogP contribution in [0.3, 0.4) is 0 Å². The summed E-state index contributed by atoms with van der Waals surface area (Å²) in [4.78, 5) is 24.6. The predicted octanol–water partition coefficient (Wildman–Crippen LogP) is 6.20. The minimum absolute atomic E-state index is 0. The summed E-state index contributed by atoms with van der Waals surface area (Å²) in [5, 5.41) is 10.2. The van der Waals surface area contributed by atoms with Gasteiger partial charge in [-0.25, -0.2) is 0 Å². The zero-order valence-corrected chi connectivity index (χ0v) is 31.8. The van der Waals surface area contributed by atoms with Gasteiger partial charge in [0, 0.05) is 63.5 Å². The first kappa shape index (κ1) is 42.3. The molecule has 54 heavy (non-hydrogen) atoms. The summed E-state index contributed by atoms with van der Waals surface area (Å²) in [5.41, 5.74) is 3.32. The molecule has 0 spiro atoms. The van der Waals surface area contributed by atoms with Crippen LogP contribution in [0.15, 0.2) is 97.2 Å². The molecule has 0 bridgehead atoms. The van der Waals surface area contributed by atoms with E-state index in [-0.39, 0.29) is 79.1 Å². The van der Waals surface area contributed by atoms with Crippen LogP contribution >= 0.6 is 37.2 Å². The minimum atomic E-state index is -4.79. The summed E-state index contributed by atoms with van der Waals surface area (Å²) in [5.74, 6) is -0.774. The zero-order chi connectivity index (χ0) is 35.5. The molecule has 0 radical (unpaired) electrons. The number of tetrazole rings is 1. The molecule has 3 aromatic carbocycles.